The first kappa shape index (κ1) is 16.0. The van der Waals surface area contributed by atoms with Gasteiger partial charge in [0.1, 0.15) is 16.5 Å². The lowest BCUT2D eigenvalue weighted by molar-refractivity contribution is 0.415. The van der Waals surface area contributed by atoms with Crippen LogP contribution in [-0.2, 0) is 13.5 Å². The van der Waals surface area contributed by atoms with Crippen LogP contribution in [-0.4, -0.2) is 36.7 Å². The molecular weight excluding hydrogens is 360 g/mol. The molecule has 0 fully saturated rings. The molecule has 25 heavy (non-hydrogen) atoms. The number of benzene rings is 1. The fourth-order valence-corrected chi connectivity index (χ4v) is 3.86. The van der Waals surface area contributed by atoms with Crippen molar-refractivity contribution >= 4 is 27.9 Å². The monoisotopic (exact) mass is 374 g/mol. The Morgan fingerprint density at radius 2 is 1.92 bits per heavy atom. The van der Waals surface area contributed by atoms with Gasteiger partial charge in [-0.05, 0) is 30.7 Å². The lowest BCUT2D eigenvalue weighted by Crippen LogP contribution is -1.99. The number of aryl methyl sites for hydroxylation is 2. The smallest absolute Gasteiger partial charge is 0.235 e. The molecule has 0 aliphatic heterocycles. The second-order valence-corrected chi connectivity index (χ2v) is 6.77. The molecular formula is C16H15ClN6OS. The molecule has 0 atom stereocenters. The van der Waals surface area contributed by atoms with Gasteiger partial charge in [-0.15, -0.1) is 10.2 Å². The third-order valence-corrected chi connectivity index (χ3v) is 5.28. The first-order chi connectivity index (χ1) is 12.1. The highest BCUT2D eigenvalue weighted by Crippen LogP contribution is 2.32. The molecule has 0 aliphatic carbocycles. The molecule has 4 rings (SSSR count). The average molecular weight is 375 g/mol. The van der Waals surface area contributed by atoms with E-state index in [0.717, 1.165) is 34.1 Å². The summed E-state index contributed by atoms with van der Waals surface area (Å²) >= 11 is 7.94. The Morgan fingerprint density at radius 1 is 1.16 bits per heavy atom. The van der Waals surface area contributed by atoms with Gasteiger partial charge in [-0.2, -0.15) is 14.7 Å². The Morgan fingerprint density at radius 3 is 2.56 bits per heavy atom. The SMILES string of the molecule is CCc1nn(C)c(-c2nnc3sc(-c4ccc(OC)cc4)nn23)c1Cl. The van der Waals surface area contributed by atoms with E-state index in [1.165, 1.54) is 11.3 Å². The summed E-state index contributed by atoms with van der Waals surface area (Å²) in [6.45, 7) is 2.02. The van der Waals surface area contributed by atoms with E-state index in [9.17, 15) is 0 Å². The fraction of sp³-hybridized carbons (Fsp3) is 0.250. The minimum absolute atomic E-state index is 0.589. The second-order valence-electron chi connectivity index (χ2n) is 5.44. The van der Waals surface area contributed by atoms with E-state index in [1.54, 1.807) is 16.3 Å². The predicted molar refractivity (Wildman–Crippen MR) is 97.2 cm³/mol. The van der Waals surface area contributed by atoms with Gasteiger partial charge >= 0.3 is 0 Å². The van der Waals surface area contributed by atoms with E-state index in [4.69, 9.17) is 16.3 Å². The first-order valence-electron chi connectivity index (χ1n) is 7.70. The number of hydrogen-bond donors (Lipinski definition) is 0. The van der Waals surface area contributed by atoms with Crippen LogP contribution in [0.1, 0.15) is 12.6 Å². The van der Waals surface area contributed by atoms with Crippen LogP contribution in [0.5, 0.6) is 5.75 Å². The molecule has 0 aliphatic rings. The highest BCUT2D eigenvalue weighted by Gasteiger charge is 2.22. The third kappa shape index (κ3) is 2.58. The number of hydrogen-bond acceptors (Lipinski definition) is 6. The summed E-state index contributed by atoms with van der Waals surface area (Å²) in [6, 6.07) is 7.75. The molecule has 4 aromatic rings. The van der Waals surface area contributed by atoms with Gasteiger partial charge in [0.2, 0.25) is 10.8 Å². The maximum Gasteiger partial charge on any atom is 0.235 e. The molecule has 0 radical (unpaired) electrons. The van der Waals surface area contributed by atoms with Gasteiger partial charge in [0.05, 0.1) is 17.8 Å². The normalized spacial score (nSPS) is 11.4. The van der Waals surface area contributed by atoms with Crippen molar-refractivity contribution in [2.45, 2.75) is 13.3 Å². The molecule has 9 heteroatoms. The minimum atomic E-state index is 0.589. The highest BCUT2D eigenvalue weighted by molar-refractivity contribution is 7.19. The van der Waals surface area contributed by atoms with Crippen molar-refractivity contribution < 1.29 is 4.74 Å². The van der Waals surface area contributed by atoms with Crippen molar-refractivity contribution in [2.24, 2.45) is 7.05 Å². The van der Waals surface area contributed by atoms with Crippen LogP contribution in [0.4, 0.5) is 0 Å². The molecule has 0 saturated carbocycles. The van der Waals surface area contributed by atoms with Crippen molar-refractivity contribution in [1.82, 2.24) is 29.6 Å². The highest BCUT2D eigenvalue weighted by atomic mass is 35.5. The number of nitrogens with zero attached hydrogens (tertiary/aromatic N) is 6. The van der Waals surface area contributed by atoms with Crippen LogP contribution in [0.25, 0.3) is 27.1 Å². The summed E-state index contributed by atoms with van der Waals surface area (Å²) < 4.78 is 8.64. The molecule has 3 aromatic heterocycles. The van der Waals surface area contributed by atoms with Gasteiger partial charge in [-0.3, -0.25) is 4.68 Å². The van der Waals surface area contributed by atoms with Gasteiger partial charge < -0.3 is 4.74 Å². The third-order valence-electron chi connectivity index (χ3n) is 3.93. The molecule has 7 nitrogen and oxygen atoms in total. The van der Waals surface area contributed by atoms with Crippen molar-refractivity contribution in [3.63, 3.8) is 0 Å². The van der Waals surface area contributed by atoms with E-state index in [0.29, 0.717) is 15.8 Å². The van der Waals surface area contributed by atoms with Gasteiger partial charge in [-0.25, -0.2) is 0 Å². The van der Waals surface area contributed by atoms with Gasteiger partial charge in [0.15, 0.2) is 0 Å². The summed E-state index contributed by atoms with van der Waals surface area (Å²) in [5.74, 6) is 1.40. The molecule has 0 bridgehead atoms. The maximum absolute atomic E-state index is 6.48. The molecule has 1 aromatic carbocycles. The fourth-order valence-electron chi connectivity index (χ4n) is 2.64. The van der Waals surface area contributed by atoms with Crippen LogP contribution in [0, 0.1) is 0 Å². The summed E-state index contributed by atoms with van der Waals surface area (Å²) in [5.41, 5.74) is 2.55. The number of methoxy groups -OCH3 is 1. The average Bonchev–Trinajstić information content (AvgIpc) is 3.28. The maximum atomic E-state index is 6.48. The molecule has 3 heterocycles. The Balaban J connectivity index is 1.82. The summed E-state index contributed by atoms with van der Waals surface area (Å²) in [5, 5.41) is 19.0. The number of aromatic nitrogens is 6. The molecule has 0 saturated heterocycles. The van der Waals surface area contributed by atoms with Crippen molar-refractivity contribution in [2.75, 3.05) is 7.11 Å². The number of halogens is 1. The Kier molecular flexibility index (Phi) is 3.93. The number of fused-ring (bicyclic) bond motifs is 1. The van der Waals surface area contributed by atoms with Gasteiger partial charge in [-0.1, -0.05) is 29.9 Å². The largest absolute Gasteiger partial charge is 0.497 e. The number of rotatable bonds is 4. The first-order valence-corrected chi connectivity index (χ1v) is 8.90. The van der Waals surface area contributed by atoms with Crippen molar-refractivity contribution in [3.8, 4) is 27.8 Å². The lowest BCUT2D eigenvalue weighted by Gasteiger charge is -2.00. The summed E-state index contributed by atoms with van der Waals surface area (Å²) in [6.07, 6.45) is 0.753. The second kappa shape index (κ2) is 6.12. The zero-order valence-electron chi connectivity index (χ0n) is 13.9. The van der Waals surface area contributed by atoms with Gasteiger partial charge in [0, 0.05) is 12.6 Å². The predicted octanol–water partition coefficient (Wildman–Crippen LogP) is 3.48. The topological polar surface area (TPSA) is 70.1 Å². The summed E-state index contributed by atoms with van der Waals surface area (Å²) in [7, 11) is 3.49. The minimum Gasteiger partial charge on any atom is -0.497 e. The lowest BCUT2D eigenvalue weighted by atomic mass is 10.2. The van der Waals surface area contributed by atoms with Crippen LogP contribution in [0.15, 0.2) is 24.3 Å². The van der Waals surface area contributed by atoms with Crippen LogP contribution < -0.4 is 4.74 Å². The van der Waals surface area contributed by atoms with E-state index in [-0.39, 0.29) is 0 Å². The molecule has 0 unspecified atom stereocenters. The van der Waals surface area contributed by atoms with Crippen molar-refractivity contribution in [3.05, 3.63) is 35.0 Å². The van der Waals surface area contributed by atoms with E-state index >= 15 is 0 Å². The molecule has 0 spiro atoms. The Labute approximate surface area is 152 Å². The van der Waals surface area contributed by atoms with E-state index in [2.05, 4.69) is 20.4 Å². The molecule has 128 valence electrons. The molecule has 0 amide bonds. The van der Waals surface area contributed by atoms with Crippen molar-refractivity contribution in [1.29, 1.82) is 0 Å². The van der Waals surface area contributed by atoms with E-state index < -0.39 is 0 Å². The quantitative estimate of drug-likeness (QED) is 0.547. The Bertz CT molecular complexity index is 1050. The van der Waals surface area contributed by atoms with Gasteiger partial charge in [0.25, 0.3) is 0 Å². The van der Waals surface area contributed by atoms with Crippen LogP contribution in [0.3, 0.4) is 0 Å². The van der Waals surface area contributed by atoms with Crippen LogP contribution in [0.2, 0.25) is 5.02 Å². The van der Waals surface area contributed by atoms with E-state index in [1.807, 2.05) is 38.2 Å². The Hall–Kier alpha value is -2.45. The number of ether oxygens (including phenoxy) is 1. The zero-order valence-corrected chi connectivity index (χ0v) is 15.5. The standard InChI is InChI=1S/C16H15ClN6OS/c1-4-11-12(17)13(22(2)20-11)14-18-19-16-23(14)21-15(25-16)9-5-7-10(24-3)8-6-9/h5-8H,4H2,1-3H3. The van der Waals surface area contributed by atoms with Crippen LogP contribution >= 0.6 is 22.9 Å². The summed E-state index contributed by atoms with van der Waals surface area (Å²) in [4.78, 5) is 0.705. The molecule has 0 N–H and O–H groups in total. The zero-order chi connectivity index (χ0) is 17.6.